The van der Waals surface area contributed by atoms with Crippen LogP contribution in [0.1, 0.15) is 19.8 Å². The molecule has 0 aliphatic rings. The van der Waals surface area contributed by atoms with Gasteiger partial charge in [0.2, 0.25) is 0 Å². The first kappa shape index (κ1) is 15.2. The summed E-state index contributed by atoms with van der Waals surface area (Å²) in [6.45, 7) is 2.14. The molecule has 3 aromatic rings. The van der Waals surface area contributed by atoms with Gasteiger partial charge in [-0.2, -0.15) is 0 Å². The van der Waals surface area contributed by atoms with Crippen LogP contribution in [0.25, 0.3) is 16.7 Å². The molecule has 1 aromatic carbocycles. The first-order chi connectivity index (χ1) is 10.7. The van der Waals surface area contributed by atoms with Crippen LogP contribution in [0.15, 0.2) is 46.4 Å². The predicted molar refractivity (Wildman–Crippen MR) is 89.8 cm³/mol. The number of fused-ring (bicyclic) bond motifs is 1. The van der Waals surface area contributed by atoms with Crippen LogP contribution in [0.2, 0.25) is 0 Å². The highest BCUT2D eigenvalue weighted by Gasteiger charge is 2.14. The molecule has 22 heavy (non-hydrogen) atoms. The minimum Gasteiger partial charge on any atom is -0.447 e. The van der Waals surface area contributed by atoms with E-state index in [9.17, 15) is 4.39 Å². The lowest BCUT2D eigenvalue weighted by molar-refractivity contribution is 0.492. The molecule has 0 spiro atoms. The number of nitrogens with zero attached hydrogens (tertiary/aromatic N) is 2. The molecule has 6 heteroatoms. The number of imidazole rings is 1. The molecule has 0 unspecified atom stereocenters. The summed E-state index contributed by atoms with van der Waals surface area (Å²) in [5.74, 6) is 0.600. The van der Waals surface area contributed by atoms with Gasteiger partial charge in [0.1, 0.15) is 17.1 Å². The van der Waals surface area contributed by atoms with Crippen LogP contribution in [0, 0.1) is 10.3 Å². The molecule has 0 radical (unpaired) electrons. The van der Waals surface area contributed by atoms with E-state index in [4.69, 9.17) is 16.6 Å². The van der Waals surface area contributed by atoms with E-state index >= 15 is 0 Å². The van der Waals surface area contributed by atoms with Gasteiger partial charge in [-0.1, -0.05) is 37.3 Å². The highest BCUT2D eigenvalue weighted by molar-refractivity contribution is 7.99. The van der Waals surface area contributed by atoms with Crippen molar-refractivity contribution in [1.29, 1.82) is 0 Å². The Bertz CT molecular complexity index is 843. The summed E-state index contributed by atoms with van der Waals surface area (Å²) in [5.41, 5.74) is 1.28. The van der Waals surface area contributed by atoms with E-state index in [0.717, 1.165) is 29.7 Å². The van der Waals surface area contributed by atoms with Gasteiger partial charge in [0.05, 0.1) is 10.8 Å². The van der Waals surface area contributed by atoms with Crippen molar-refractivity contribution >= 4 is 34.9 Å². The lowest BCUT2D eigenvalue weighted by Crippen LogP contribution is -1.96. The lowest BCUT2D eigenvalue weighted by Gasteiger charge is -2.11. The fourth-order valence-electron chi connectivity index (χ4n) is 2.16. The molecule has 114 valence electrons. The molecule has 0 atom stereocenters. The Labute approximate surface area is 137 Å². The van der Waals surface area contributed by atoms with E-state index in [2.05, 4.69) is 11.9 Å². The first-order valence-corrected chi connectivity index (χ1v) is 8.47. The van der Waals surface area contributed by atoms with E-state index in [-0.39, 0.29) is 5.82 Å². The van der Waals surface area contributed by atoms with Gasteiger partial charge in [0.15, 0.2) is 5.09 Å². The fraction of sp³-hybridized carbons (Fsp3) is 0.250. The van der Waals surface area contributed by atoms with Crippen molar-refractivity contribution in [1.82, 2.24) is 9.55 Å². The Morgan fingerprint density at radius 2 is 2.27 bits per heavy atom. The standard InChI is InChI=1S/C16H15FN2OS2/c1-2-3-8-22-16-14(19-7-6-18-10-19)15(21)12-5-4-11(17)9-13(12)20-16/h4-7,9-10H,2-3,8H2,1H3. The number of aromatic nitrogens is 2. The monoisotopic (exact) mass is 334 g/mol. The minimum absolute atomic E-state index is 0.328. The molecule has 0 saturated heterocycles. The van der Waals surface area contributed by atoms with Gasteiger partial charge < -0.3 is 8.98 Å². The van der Waals surface area contributed by atoms with Gasteiger partial charge in [-0.25, -0.2) is 9.37 Å². The zero-order valence-corrected chi connectivity index (χ0v) is 13.7. The molecule has 0 saturated carbocycles. The van der Waals surface area contributed by atoms with Gasteiger partial charge in [-0.05, 0) is 18.6 Å². The van der Waals surface area contributed by atoms with Crippen molar-refractivity contribution in [2.75, 3.05) is 5.75 Å². The zero-order chi connectivity index (χ0) is 15.5. The fourth-order valence-corrected chi connectivity index (χ4v) is 3.70. The van der Waals surface area contributed by atoms with E-state index in [1.165, 1.54) is 12.1 Å². The summed E-state index contributed by atoms with van der Waals surface area (Å²) >= 11 is 7.21. The SMILES string of the molecule is CCCCSc1oc2cc(F)ccc2c(=S)c1-n1ccnc1. The molecule has 0 aliphatic carbocycles. The first-order valence-electron chi connectivity index (χ1n) is 7.08. The molecule has 0 fully saturated rings. The third-order valence-corrected chi connectivity index (χ3v) is 4.74. The van der Waals surface area contributed by atoms with Crippen LogP contribution in [0.5, 0.6) is 0 Å². The van der Waals surface area contributed by atoms with Crippen molar-refractivity contribution < 1.29 is 8.81 Å². The molecular weight excluding hydrogens is 319 g/mol. The summed E-state index contributed by atoms with van der Waals surface area (Å²) in [4.78, 5) is 4.08. The van der Waals surface area contributed by atoms with Gasteiger partial charge in [-0.3, -0.25) is 0 Å². The maximum Gasteiger partial charge on any atom is 0.186 e. The normalized spacial score (nSPS) is 11.2. The Kier molecular flexibility index (Phi) is 4.59. The molecule has 2 aromatic heterocycles. The molecule has 0 amide bonds. The van der Waals surface area contributed by atoms with Gasteiger partial charge in [0.25, 0.3) is 0 Å². The average molecular weight is 334 g/mol. The van der Waals surface area contributed by atoms with Gasteiger partial charge in [0, 0.05) is 29.6 Å². The van der Waals surface area contributed by atoms with E-state index in [1.54, 1.807) is 30.4 Å². The van der Waals surface area contributed by atoms with Crippen molar-refractivity contribution in [3.05, 3.63) is 47.2 Å². The molecule has 2 heterocycles. The summed E-state index contributed by atoms with van der Waals surface area (Å²) in [6.07, 6.45) is 7.41. The summed E-state index contributed by atoms with van der Waals surface area (Å²) in [6, 6.07) is 4.44. The molecule has 0 bridgehead atoms. The Balaban J connectivity index is 2.20. The molecule has 3 nitrogen and oxygen atoms in total. The number of rotatable bonds is 5. The number of hydrogen-bond acceptors (Lipinski definition) is 4. The van der Waals surface area contributed by atoms with Crippen LogP contribution in [-0.4, -0.2) is 15.3 Å². The molecule has 0 N–H and O–H groups in total. The zero-order valence-electron chi connectivity index (χ0n) is 12.1. The van der Waals surface area contributed by atoms with Crippen molar-refractivity contribution in [2.45, 2.75) is 24.9 Å². The number of unbranched alkanes of at least 4 members (excludes halogenated alkanes) is 1. The van der Waals surface area contributed by atoms with Crippen LogP contribution in [0.3, 0.4) is 0 Å². The predicted octanol–water partition coefficient (Wildman–Crippen LogP) is 5.38. The highest BCUT2D eigenvalue weighted by Crippen LogP contribution is 2.33. The summed E-state index contributed by atoms with van der Waals surface area (Å²) in [5, 5.41) is 1.44. The highest BCUT2D eigenvalue weighted by atomic mass is 32.2. The second-order valence-electron chi connectivity index (χ2n) is 4.88. The number of halogens is 1. The third-order valence-electron chi connectivity index (χ3n) is 3.29. The van der Waals surface area contributed by atoms with Gasteiger partial charge >= 0.3 is 0 Å². The smallest absolute Gasteiger partial charge is 0.186 e. The van der Waals surface area contributed by atoms with Crippen molar-refractivity contribution in [2.24, 2.45) is 0 Å². The van der Waals surface area contributed by atoms with E-state index in [0.29, 0.717) is 15.2 Å². The van der Waals surface area contributed by atoms with Crippen LogP contribution >= 0.6 is 24.0 Å². The molecular formula is C16H15FN2OS2. The van der Waals surface area contributed by atoms with E-state index in [1.807, 2.05) is 10.8 Å². The average Bonchev–Trinajstić information content (AvgIpc) is 3.01. The Hall–Kier alpha value is -1.66. The maximum absolute atomic E-state index is 13.5. The summed E-state index contributed by atoms with van der Waals surface area (Å²) < 4.78 is 21.9. The van der Waals surface area contributed by atoms with Crippen LogP contribution in [-0.2, 0) is 0 Å². The quantitative estimate of drug-likeness (QED) is 0.356. The largest absolute Gasteiger partial charge is 0.447 e. The van der Waals surface area contributed by atoms with Gasteiger partial charge in [-0.15, -0.1) is 0 Å². The topological polar surface area (TPSA) is 31.0 Å². The van der Waals surface area contributed by atoms with E-state index < -0.39 is 0 Å². The van der Waals surface area contributed by atoms with Crippen molar-refractivity contribution in [3.8, 4) is 5.69 Å². The second-order valence-corrected chi connectivity index (χ2v) is 6.36. The molecule has 3 rings (SSSR count). The second kappa shape index (κ2) is 6.62. The number of thioether (sulfide) groups is 1. The number of hydrogen-bond donors (Lipinski definition) is 0. The summed E-state index contributed by atoms with van der Waals surface area (Å²) in [7, 11) is 0. The third kappa shape index (κ3) is 2.94. The number of benzene rings is 1. The van der Waals surface area contributed by atoms with Crippen LogP contribution in [0.4, 0.5) is 4.39 Å². The minimum atomic E-state index is -0.328. The maximum atomic E-state index is 13.5. The van der Waals surface area contributed by atoms with Crippen molar-refractivity contribution in [3.63, 3.8) is 0 Å². The lowest BCUT2D eigenvalue weighted by atomic mass is 10.2. The Morgan fingerprint density at radius 1 is 1.41 bits per heavy atom. The van der Waals surface area contributed by atoms with Crippen LogP contribution < -0.4 is 0 Å². The molecule has 0 aliphatic heterocycles. The Morgan fingerprint density at radius 3 is 3.00 bits per heavy atom.